The van der Waals surface area contributed by atoms with E-state index in [1.165, 1.54) is 25.7 Å². The average molecular weight is 409 g/mol. The second kappa shape index (κ2) is 9.02. The monoisotopic (exact) mass is 408 g/mol. The van der Waals surface area contributed by atoms with Gasteiger partial charge in [-0.3, -0.25) is 0 Å². The first kappa shape index (κ1) is 20.0. The summed E-state index contributed by atoms with van der Waals surface area (Å²) in [5.41, 5.74) is 7.90. The third-order valence-electron chi connectivity index (χ3n) is 5.42. The molecular formula is C22H28N6O2. The summed E-state index contributed by atoms with van der Waals surface area (Å²) in [6.45, 7) is 2.73. The Morgan fingerprint density at radius 1 is 1.00 bits per heavy atom. The van der Waals surface area contributed by atoms with E-state index in [-0.39, 0.29) is 0 Å². The first-order valence-electron chi connectivity index (χ1n) is 10.3. The lowest BCUT2D eigenvalue weighted by Gasteiger charge is -2.21. The van der Waals surface area contributed by atoms with Crippen LogP contribution < -0.4 is 25.4 Å². The van der Waals surface area contributed by atoms with Crippen molar-refractivity contribution in [1.29, 1.82) is 0 Å². The van der Waals surface area contributed by atoms with Gasteiger partial charge in [0.15, 0.2) is 11.5 Å². The van der Waals surface area contributed by atoms with Crippen molar-refractivity contribution in [2.45, 2.75) is 32.2 Å². The number of anilines is 3. The van der Waals surface area contributed by atoms with Gasteiger partial charge in [-0.15, -0.1) is 0 Å². The van der Waals surface area contributed by atoms with Crippen LogP contribution in [0.2, 0.25) is 0 Å². The number of ether oxygens (including phenoxy) is 2. The number of hydrogen-bond acceptors (Lipinski definition) is 8. The van der Waals surface area contributed by atoms with Crippen molar-refractivity contribution >= 4 is 28.5 Å². The molecule has 3 aromatic rings. The fourth-order valence-corrected chi connectivity index (χ4v) is 3.75. The zero-order valence-electron chi connectivity index (χ0n) is 17.5. The van der Waals surface area contributed by atoms with Crippen molar-refractivity contribution < 1.29 is 9.47 Å². The van der Waals surface area contributed by atoms with Gasteiger partial charge in [-0.2, -0.15) is 4.98 Å². The van der Waals surface area contributed by atoms with Crippen molar-refractivity contribution in [3.05, 3.63) is 36.0 Å². The minimum Gasteiger partial charge on any atom is -0.493 e. The van der Waals surface area contributed by atoms with E-state index in [0.717, 1.165) is 29.9 Å². The number of hydrogen-bond donors (Lipinski definition) is 2. The maximum atomic E-state index is 6.15. The molecule has 8 nitrogen and oxygen atoms in total. The summed E-state index contributed by atoms with van der Waals surface area (Å²) in [6, 6.07) is 7.78. The molecule has 3 N–H and O–H groups in total. The Kier molecular flexibility index (Phi) is 6.02. The lowest BCUT2D eigenvalue weighted by molar-refractivity contribution is 0.356. The van der Waals surface area contributed by atoms with Gasteiger partial charge in [0.2, 0.25) is 5.95 Å². The number of rotatable bonds is 6. The molecule has 158 valence electrons. The standard InChI is InChI=1S/C22H28N6O2/c1-29-18-11-16-17(12-19(18)30-2)26-22(27-21(16)23)25-14-15-7-8-20(24-13-15)28-9-5-3-4-6-10-28/h7-8,11-13H,3-6,9-10,14H2,1-2H3,(H3,23,25,26,27). The molecule has 0 unspecified atom stereocenters. The predicted octanol–water partition coefficient (Wildman–Crippen LogP) is 3.62. The van der Waals surface area contributed by atoms with E-state index in [9.17, 15) is 0 Å². The molecule has 1 aliphatic rings. The molecule has 0 atom stereocenters. The minimum atomic E-state index is 0.387. The summed E-state index contributed by atoms with van der Waals surface area (Å²) >= 11 is 0. The molecule has 0 saturated carbocycles. The van der Waals surface area contributed by atoms with Crippen LogP contribution in [0.25, 0.3) is 10.9 Å². The van der Waals surface area contributed by atoms with E-state index in [1.54, 1.807) is 26.4 Å². The van der Waals surface area contributed by atoms with Crippen LogP contribution in [0.5, 0.6) is 11.5 Å². The molecule has 0 radical (unpaired) electrons. The molecule has 1 aromatic carbocycles. The third kappa shape index (κ3) is 4.32. The first-order valence-corrected chi connectivity index (χ1v) is 10.3. The van der Waals surface area contributed by atoms with Crippen LogP contribution >= 0.6 is 0 Å². The van der Waals surface area contributed by atoms with Gasteiger partial charge in [-0.1, -0.05) is 18.9 Å². The van der Waals surface area contributed by atoms with Crippen molar-refractivity contribution in [1.82, 2.24) is 15.0 Å². The van der Waals surface area contributed by atoms with Gasteiger partial charge >= 0.3 is 0 Å². The molecule has 0 bridgehead atoms. The quantitative estimate of drug-likeness (QED) is 0.638. The highest BCUT2D eigenvalue weighted by Crippen LogP contribution is 2.33. The number of nitrogens with two attached hydrogens (primary N) is 1. The number of benzene rings is 1. The van der Waals surface area contributed by atoms with Gasteiger partial charge in [0.25, 0.3) is 0 Å². The van der Waals surface area contributed by atoms with Crippen molar-refractivity contribution in [2.24, 2.45) is 0 Å². The summed E-state index contributed by atoms with van der Waals surface area (Å²) < 4.78 is 10.7. The Hall–Kier alpha value is -3.29. The summed E-state index contributed by atoms with van der Waals surface area (Å²) in [5.74, 6) is 3.09. The number of fused-ring (bicyclic) bond motifs is 1. The summed E-state index contributed by atoms with van der Waals surface area (Å²) in [4.78, 5) is 16.0. The number of nitrogens with one attached hydrogen (secondary N) is 1. The third-order valence-corrected chi connectivity index (χ3v) is 5.42. The molecule has 3 heterocycles. The van der Waals surface area contributed by atoms with Gasteiger partial charge in [-0.25, -0.2) is 9.97 Å². The van der Waals surface area contributed by atoms with Crippen LogP contribution in [-0.2, 0) is 6.54 Å². The Morgan fingerprint density at radius 2 is 1.73 bits per heavy atom. The Labute approximate surface area is 176 Å². The SMILES string of the molecule is COc1cc2nc(NCc3ccc(N4CCCCCC4)nc3)nc(N)c2cc1OC. The summed E-state index contributed by atoms with van der Waals surface area (Å²) in [6.07, 6.45) is 7.01. The molecule has 1 aliphatic heterocycles. The lowest BCUT2D eigenvalue weighted by atomic mass is 10.2. The number of nitrogens with zero attached hydrogens (tertiary/aromatic N) is 4. The molecule has 4 rings (SSSR count). The Bertz CT molecular complexity index is 1000. The minimum absolute atomic E-state index is 0.387. The Balaban J connectivity index is 1.47. The van der Waals surface area contributed by atoms with Gasteiger partial charge in [0.05, 0.1) is 19.7 Å². The van der Waals surface area contributed by atoms with Crippen LogP contribution in [-0.4, -0.2) is 42.3 Å². The van der Waals surface area contributed by atoms with Crippen LogP contribution in [0.4, 0.5) is 17.6 Å². The molecule has 1 saturated heterocycles. The van der Waals surface area contributed by atoms with Crippen molar-refractivity contribution in [3.8, 4) is 11.5 Å². The van der Waals surface area contributed by atoms with E-state index < -0.39 is 0 Å². The highest BCUT2D eigenvalue weighted by atomic mass is 16.5. The predicted molar refractivity (Wildman–Crippen MR) is 119 cm³/mol. The maximum Gasteiger partial charge on any atom is 0.225 e. The van der Waals surface area contributed by atoms with Crippen LogP contribution in [0.1, 0.15) is 31.2 Å². The molecule has 30 heavy (non-hydrogen) atoms. The molecule has 2 aromatic heterocycles. The first-order chi connectivity index (χ1) is 14.7. The van der Waals surface area contributed by atoms with Gasteiger partial charge in [0.1, 0.15) is 11.6 Å². The Morgan fingerprint density at radius 3 is 2.40 bits per heavy atom. The normalized spacial score (nSPS) is 14.4. The van der Waals surface area contributed by atoms with E-state index in [2.05, 4.69) is 37.3 Å². The molecule has 0 aliphatic carbocycles. The van der Waals surface area contributed by atoms with Crippen molar-refractivity contribution in [2.75, 3.05) is 43.3 Å². The van der Waals surface area contributed by atoms with E-state index in [0.29, 0.717) is 35.3 Å². The molecule has 8 heteroatoms. The van der Waals surface area contributed by atoms with Gasteiger partial charge in [0, 0.05) is 37.3 Å². The van der Waals surface area contributed by atoms with Gasteiger partial charge < -0.3 is 25.4 Å². The second-order valence-electron chi connectivity index (χ2n) is 7.44. The highest BCUT2D eigenvalue weighted by Gasteiger charge is 2.13. The molecule has 1 fully saturated rings. The number of methoxy groups -OCH3 is 2. The number of pyridine rings is 1. The zero-order chi connectivity index (χ0) is 20.9. The maximum absolute atomic E-state index is 6.15. The number of nitrogen functional groups attached to an aromatic ring is 1. The molecule has 0 amide bonds. The molecular weight excluding hydrogens is 380 g/mol. The van der Waals surface area contributed by atoms with Crippen LogP contribution in [0.3, 0.4) is 0 Å². The van der Waals surface area contributed by atoms with E-state index in [1.807, 2.05) is 6.20 Å². The van der Waals surface area contributed by atoms with E-state index in [4.69, 9.17) is 15.2 Å². The van der Waals surface area contributed by atoms with Crippen molar-refractivity contribution in [3.63, 3.8) is 0 Å². The van der Waals surface area contributed by atoms with Crippen LogP contribution in [0, 0.1) is 0 Å². The number of aromatic nitrogens is 3. The highest BCUT2D eigenvalue weighted by molar-refractivity contribution is 5.91. The van der Waals surface area contributed by atoms with E-state index >= 15 is 0 Å². The topological polar surface area (TPSA) is 98.4 Å². The zero-order valence-corrected chi connectivity index (χ0v) is 17.5. The summed E-state index contributed by atoms with van der Waals surface area (Å²) in [7, 11) is 3.18. The van der Waals surface area contributed by atoms with Gasteiger partial charge in [-0.05, 0) is 30.5 Å². The van der Waals surface area contributed by atoms with Crippen LogP contribution in [0.15, 0.2) is 30.5 Å². The largest absolute Gasteiger partial charge is 0.493 e. The fraction of sp³-hybridized carbons (Fsp3) is 0.409. The average Bonchev–Trinajstić information content (AvgIpc) is 3.07. The fourth-order valence-electron chi connectivity index (χ4n) is 3.75. The molecule has 0 spiro atoms. The summed E-state index contributed by atoms with van der Waals surface area (Å²) in [5, 5.41) is 3.96. The lowest BCUT2D eigenvalue weighted by Crippen LogP contribution is -2.24. The smallest absolute Gasteiger partial charge is 0.225 e. The second-order valence-corrected chi connectivity index (χ2v) is 7.44.